The second-order valence-electron chi connectivity index (χ2n) is 3.77. The number of anilines is 1. The number of nitro benzene ring substituents is 1. The van der Waals surface area contributed by atoms with Crippen LogP contribution in [-0.4, -0.2) is 16.2 Å². The van der Waals surface area contributed by atoms with Gasteiger partial charge in [-0.05, 0) is 29.8 Å². The highest BCUT2D eigenvalue weighted by molar-refractivity contribution is 5.80. The molecule has 0 unspecified atom stereocenters. The monoisotopic (exact) mass is 257 g/mol. The van der Waals surface area contributed by atoms with Crippen molar-refractivity contribution in [2.24, 2.45) is 5.10 Å². The molecule has 2 aromatic carbocycles. The minimum absolute atomic E-state index is 0.0301. The summed E-state index contributed by atoms with van der Waals surface area (Å²) in [7, 11) is 0. The van der Waals surface area contributed by atoms with Crippen LogP contribution in [0, 0.1) is 10.1 Å². The van der Waals surface area contributed by atoms with E-state index in [1.165, 1.54) is 12.1 Å². The average molecular weight is 257 g/mol. The van der Waals surface area contributed by atoms with Crippen molar-refractivity contribution in [1.82, 2.24) is 0 Å². The van der Waals surface area contributed by atoms with E-state index >= 15 is 0 Å². The van der Waals surface area contributed by atoms with Crippen molar-refractivity contribution >= 4 is 17.6 Å². The lowest BCUT2D eigenvalue weighted by Crippen LogP contribution is -1.92. The van der Waals surface area contributed by atoms with Crippen LogP contribution in [0.15, 0.2) is 53.6 Å². The minimum atomic E-state index is -0.459. The third kappa shape index (κ3) is 3.53. The fourth-order valence-corrected chi connectivity index (χ4v) is 1.44. The number of benzene rings is 2. The highest BCUT2D eigenvalue weighted by Gasteiger charge is 2.02. The van der Waals surface area contributed by atoms with Crippen LogP contribution in [0.2, 0.25) is 0 Å². The normalized spacial score (nSPS) is 10.5. The van der Waals surface area contributed by atoms with Crippen molar-refractivity contribution in [2.75, 3.05) is 5.43 Å². The van der Waals surface area contributed by atoms with Crippen molar-refractivity contribution in [3.05, 3.63) is 64.2 Å². The maximum absolute atomic E-state index is 10.5. The zero-order valence-corrected chi connectivity index (χ0v) is 9.85. The molecule has 0 aliphatic heterocycles. The number of rotatable bonds is 4. The Bertz CT molecular complexity index is 609. The summed E-state index contributed by atoms with van der Waals surface area (Å²) >= 11 is 0. The Morgan fingerprint density at radius 1 is 1.21 bits per heavy atom. The highest BCUT2D eigenvalue weighted by atomic mass is 16.6. The van der Waals surface area contributed by atoms with Crippen molar-refractivity contribution in [1.29, 1.82) is 0 Å². The number of non-ortho nitro benzene ring substituents is 1. The molecular formula is C13H11N3O3. The van der Waals surface area contributed by atoms with Crippen LogP contribution in [0.25, 0.3) is 0 Å². The lowest BCUT2D eigenvalue weighted by molar-refractivity contribution is -0.384. The molecule has 0 bridgehead atoms. The lowest BCUT2D eigenvalue weighted by atomic mass is 10.2. The first-order chi connectivity index (χ1) is 9.15. The number of nitrogens with one attached hydrogen (secondary N) is 1. The Labute approximate surface area is 109 Å². The van der Waals surface area contributed by atoms with E-state index in [2.05, 4.69) is 10.5 Å². The van der Waals surface area contributed by atoms with Crippen LogP contribution in [-0.2, 0) is 0 Å². The number of hydrogen-bond donors (Lipinski definition) is 2. The van der Waals surface area contributed by atoms with Crippen molar-refractivity contribution in [2.45, 2.75) is 0 Å². The molecule has 0 aliphatic carbocycles. The van der Waals surface area contributed by atoms with E-state index in [0.29, 0.717) is 5.69 Å². The summed E-state index contributed by atoms with van der Waals surface area (Å²) in [5.74, 6) is 0.166. The van der Waals surface area contributed by atoms with Crippen LogP contribution in [0.5, 0.6) is 5.75 Å². The molecule has 0 spiro atoms. The van der Waals surface area contributed by atoms with Gasteiger partial charge in [0.25, 0.3) is 5.69 Å². The summed E-state index contributed by atoms with van der Waals surface area (Å²) in [6, 6.07) is 12.6. The van der Waals surface area contributed by atoms with Crippen LogP contribution in [0.1, 0.15) is 5.56 Å². The maximum atomic E-state index is 10.5. The van der Waals surface area contributed by atoms with E-state index in [1.54, 1.807) is 42.6 Å². The molecule has 19 heavy (non-hydrogen) atoms. The number of nitrogens with zero attached hydrogens (tertiary/aromatic N) is 2. The van der Waals surface area contributed by atoms with E-state index in [0.717, 1.165) is 5.56 Å². The molecular weight excluding hydrogens is 246 g/mol. The molecule has 6 nitrogen and oxygen atoms in total. The van der Waals surface area contributed by atoms with Crippen molar-refractivity contribution in [3.63, 3.8) is 0 Å². The van der Waals surface area contributed by atoms with E-state index < -0.39 is 4.92 Å². The predicted molar refractivity (Wildman–Crippen MR) is 72.4 cm³/mol. The van der Waals surface area contributed by atoms with Crippen LogP contribution >= 0.6 is 0 Å². The van der Waals surface area contributed by atoms with Gasteiger partial charge in [-0.25, -0.2) is 0 Å². The zero-order chi connectivity index (χ0) is 13.7. The zero-order valence-electron chi connectivity index (χ0n) is 9.85. The number of hydrazone groups is 1. The predicted octanol–water partition coefficient (Wildman–Crippen LogP) is 2.75. The Hall–Kier alpha value is -2.89. The minimum Gasteiger partial charge on any atom is -0.508 e. The van der Waals surface area contributed by atoms with E-state index in [4.69, 9.17) is 0 Å². The fraction of sp³-hybridized carbons (Fsp3) is 0. The Balaban J connectivity index is 2.00. The van der Waals surface area contributed by atoms with Gasteiger partial charge in [-0.2, -0.15) is 5.10 Å². The molecule has 96 valence electrons. The van der Waals surface area contributed by atoms with Gasteiger partial charge in [0.15, 0.2) is 0 Å². The molecule has 0 aliphatic rings. The molecule has 0 heterocycles. The van der Waals surface area contributed by atoms with Gasteiger partial charge in [0.1, 0.15) is 5.75 Å². The Morgan fingerprint density at radius 2 is 1.95 bits per heavy atom. The number of phenolic OH excluding ortho intramolecular Hbond substituents is 1. The summed E-state index contributed by atoms with van der Waals surface area (Å²) in [5, 5.41) is 23.7. The Morgan fingerprint density at radius 3 is 2.58 bits per heavy atom. The van der Waals surface area contributed by atoms with Crippen LogP contribution in [0.4, 0.5) is 11.4 Å². The van der Waals surface area contributed by atoms with Crippen molar-refractivity contribution in [3.8, 4) is 5.75 Å². The fourth-order valence-electron chi connectivity index (χ4n) is 1.44. The smallest absolute Gasteiger partial charge is 0.269 e. The molecule has 2 N–H and O–H groups in total. The summed E-state index contributed by atoms with van der Waals surface area (Å²) in [4.78, 5) is 10.0. The second-order valence-corrected chi connectivity index (χ2v) is 3.77. The summed E-state index contributed by atoms with van der Waals surface area (Å²) in [6.45, 7) is 0. The lowest BCUT2D eigenvalue weighted by Gasteiger charge is -1.99. The first-order valence-electron chi connectivity index (χ1n) is 5.48. The number of nitro groups is 1. The third-order valence-electron chi connectivity index (χ3n) is 2.36. The number of aromatic hydroxyl groups is 1. The number of hydrogen-bond acceptors (Lipinski definition) is 5. The second kappa shape index (κ2) is 5.63. The Kier molecular flexibility index (Phi) is 3.72. The summed E-state index contributed by atoms with van der Waals surface area (Å²) < 4.78 is 0. The van der Waals surface area contributed by atoms with E-state index in [9.17, 15) is 15.2 Å². The van der Waals surface area contributed by atoms with Gasteiger partial charge in [-0.15, -0.1) is 0 Å². The maximum Gasteiger partial charge on any atom is 0.269 e. The quantitative estimate of drug-likeness (QED) is 0.500. The van der Waals surface area contributed by atoms with Gasteiger partial charge < -0.3 is 5.11 Å². The van der Waals surface area contributed by atoms with Gasteiger partial charge in [0.05, 0.1) is 16.8 Å². The van der Waals surface area contributed by atoms with E-state index in [1.807, 2.05) is 0 Å². The van der Waals surface area contributed by atoms with Gasteiger partial charge in [-0.1, -0.05) is 12.1 Å². The molecule has 0 amide bonds. The average Bonchev–Trinajstić information content (AvgIpc) is 2.39. The first-order valence-corrected chi connectivity index (χ1v) is 5.48. The number of phenols is 1. The summed E-state index contributed by atoms with van der Waals surface area (Å²) in [5.41, 5.74) is 4.16. The van der Waals surface area contributed by atoms with Gasteiger partial charge in [0, 0.05) is 12.1 Å². The van der Waals surface area contributed by atoms with E-state index in [-0.39, 0.29) is 11.4 Å². The van der Waals surface area contributed by atoms with Crippen LogP contribution in [0.3, 0.4) is 0 Å². The molecule has 0 fully saturated rings. The molecule has 0 saturated carbocycles. The molecule has 0 aromatic heterocycles. The highest BCUT2D eigenvalue weighted by Crippen LogP contribution is 2.15. The van der Waals surface area contributed by atoms with Crippen molar-refractivity contribution < 1.29 is 10.0 Å². The SMILES string of the molecule is O=[N+]([O-])c1ccc(N/N=C\c2cccc(O)c2)cc1. The van der Waals surface area contributed by atoms with Gasteiger partial charge in [-0.3, -0.25) is 15.5 Å². The van der Waals surface area contributed by atoms with Crippen LogP contribution < -0.4 is 5.43 Å². The molecule has 2 aromatic rings. The molecule has 0 radical (unpaired) electrons. The third-order valence-corrected chi connectivity index (χ3v) is 2.36. The summed E-state index contributed by atoms with van der Waals surface area (Å²) in [6.07, 6.45) is 1.54. The largest absolute Gasteiger partial charge is 0.508 e. The molecule has 0 atom stereocenters. The molecule has 0 saturated heterocycles. The molecule has 6 heteroatoms. The standard InChI is InChI=1S/C13H11N3O3/c17-13-3-1-2-10(8-13)9-14-15-11-4-6-12(7-5-11)16(18)19/h1-9,15,17H/b14-9-. The first kappa shape index (κ1) is 12.6. The molecule has 2 rings (SSSR count). The topological polar surface area (TPSA) is 87.8 Å². The van der Waals surface area contributed by atoms with Gasteiger partial charge >= 0.3 is 0 Å². The van der Waals surface area contributed by atoms with Gasteiger partial charge in [0.2, 0.25) is 0 Å².